The van der Waals surface area contributed by atoms with Crippen LogP contribution in [0, 0.1) is 16.0 Å². The van der Waals surface area contributed by atoms with Gasteiger partial charge < -0.3 is 15.8 Å². The molecule has 94 valence electrons. The zero-order valence-corrected chi connectivity index (χ0v) is 9.71. The summed E-state index contributed by atoms with van der Waals surface area (Å²) in [4.78, 5) is 17.6. The Bertz CT molecular complexity index is 398. The zero-order valence-electron chi connectivity index (χ0n) is 9.71. The molecular weight excluding hydrogens is 226 g/mol. The Kier molecular flexibility index (Phi) is 4.58. The van der Waals surface area contributed by atoms with Gasteiger partial charge in [0.05, 0.1) is 11.5 Å². The van der Waals surface area contributed by atoms with Crippen molar-refractivity contribution in [2.24, 2.45) is 5.92 Å². The molecular formula is C9H15N5O3. The molecule has 0 radical (unpaired) electrons. The minimum Gasteiger partial charge on any atom is -0.384 e. The number of hydrogen-bond donors (Lipinski definition) is 2. The van der Waals surface area contributed by atoms with E-state index < -0.39 is 4.92 Å². The Labute approximate surface area is 98.4 Å². The SMILES string of the molecule is COCC(C)CNc1ncnc(N)c1[N+](=O)[O-]. The Hall–Kier alpha value is -1.96. The number of aromatic nitrogens is 2. The third-order valence-corrected chi connectivity index (χ3v) is 2.10. The number of nitrogen functional groups attached to an aromatic ring is 1. The zero-order chi connectivity index (χ0) is 12.8. The van der Waals surface area contributed by atoms with Crippen LogP contribution in [0.25, 0.3) is 0 Å². The summed E-state index contributed by atoms with van der Waals surface area (Å²) >= 11 is 0. The summed E-state index contributed by atoms with van der Waals surface area (Å²) in [7, 11) is 1.60. The van der Waals surface area contributed by atoms with Crippen molar-refractivity contribution in [3.63, 3.8) is 0 Å². The maximum Gasteiger partial charge on any atom is 0.352 e. The summed E-state index contributed by atoms with van der Waals surface area (Å²) < 4.78 is 4.96. The fraction of sp³-hybridized carbons (Fsp3) is 0.556. The van der Waals surface area contributed by atoms with E-state index in [0.717, 1.165) is 0 Å². The van der Waals surface area contributed by atoms with E-state index in [1.165, 1.54) is 6.33 Å². The summed E-state index contributed by atoms with van der Waals surface area (Å²) in [6, 6.07) is 0. The number of nitrogens with one attached hydrogen (secondary N) is 1. The maximum absolute atomic E-state index is 10.8. The lowest BCUT2D eigenvalue weighted by atomic mass is 10.2. The molecule has 0 aliphatic heterocycles. The van der Waals surface area contributed by atoms with Crippen molar-refractivity contribution in [1.82, 2.24) is 9.97 Å². The third-order valence-electron chi connectivity index (χ3n) is 2.10. The fourth-order valence-corrected chi connectivity index (χ4v) is 1.32. The van der Waals surface area contributed by atoms with E-state index in [-0.39, 0.29) is 23.2 Å². The Morgan fingerprint density at radius 1 is 1.65 bits per heavy atom. The Morgan fingerprint density at radius 3 is 2.94 bits per heavy atom. The summed E-state index contributed by atoms with van der Waals surface area (Å²) in [5.41, 5.74) is 5.14. The van der Waals surface area contributed by atoms with Gasteiger partial charge in [0, 0.05) is 13.7 Å². The minimum absolute atomic E-state index is 0.130. The molecule has 17 heavy (non-hydrogen) atoms. The van der Waals surface area contributed by atoms with Crippen LogP contribution >= 0.6 is 0 Å². The van der Waals surface area contributed by atoms with E-state index in [1.807, 2.05) is 6.92 Å². The number of methoxy groups -OCH3 is 1. The molecule has 8 nitrogen and oxygen atoms in total. The van der Waals surface area contributed by atoms with Gasteiger partial charge in [0.25, 0.3) is 0 Å². The molecule has 0 amide bonds. The number of ether oxygens (including phenoxy) is 1. The van der Waals surface area contributed by atoms with E-state index in [4.69, 9.17) is 10.5 Å². The molecule has 0 fully saturated rings. The number of nitrogens with two attached hydrogens (primary N) is 1. The van der Waals surface area contributed by atoms with Gasteiger partial charge >= 0.3 is 5.69 Å². The molecule has 8 heteroatoms. The molecule has 0 aliphatic rings. The van der Waals surface area contributed by atoms with E-state index in [0.29, 0.717) is 13.2 Å². The normalized spacial score (nSPS) is 12.1. The number of anilines is 2. The first-order chi connectivity index (χ1) is 8.06. The Morgan fingerprint density at radius 2 is 2.35 bits per heavy atom. The number of nitro groups is 1. The molecule has 1 aromatic rings. The van der Waals surface area contributed by atoms with Gasteiger partial charge in [-0.3, -0.25) is 10.1 Å². The predicted octanol–water partition coefficient (Wildman–Crippen LogP) is 0.661. The summed E-state index contributed by atoms with van der Waals surface area (Å²) in [5.74, 6) is 0.188. The second-order valence-corrected chi connectivity index (χ2v) is 3.65. The van der Waals surface area contributed by atoms with Gasteiger partial charge in [-0.05, 0) is 5.92 Å². The van der Waals surface area contributed by atoms with Crippen molar-refractivity contribution in [2.75, 3.05) is 31.3 Å². The molecule has 0 saturated carbocycles. The molecule has 0 aliphatic carbocycles. The van der Waals surface area contributed by atoms with Crippen molar-refractivity contribution < 1.29 is 9.66 Å². The molecule has 0 saturated heterocycles. The van der Waals surface area contributed by atoms with Gasteiger partial charge in [0.15, 0.2) is 0 Å². The largest absolute Gasteiger partial charge is 0.384 e. The molecule has 0 bridgehead atoms. The van der Waals surface area contributed by atoms with Crippen molar-refractivity contribution in [3.8, 4) is 0 Å². The molecule has 1 atom stereocenters. The van der Waals surface area contributed by atoms with Crippen molar-refractivity contribution >= 4 is 17.3 Å². The fourth-order valence-electron chi connectivity index (χ4n) is 1.32. The van der Waals surface area contributed by atoms with Crippen molar-refractivity contribution in [3.05, 3.63) is 16.4 Å². The highest BCUT2D eigenvalue weighted by Gasteiger charge is 2.20. The number of hydrogen-bond acceptors (Lipinski definition) is 7. The van der Waals surface area contributed by atoms with Crippen LogP contribution < -0.4 is 11.1 Å². The van der Waals surface area contributed by atoms with Crippen molar-refractivity contribution in [1.29, 1.82) is 0 Å². The average Bonchev–Trinajstić information content (AvgIpc) is 2.26. The van der Waals surface area contributed by atoms with Crippen LogP contribution in [-0.4, -0.2) is 35.2 Å². The molecule has 1 heterocycles. The van der Waals surface area contributed by atoms with Crippen LogP contribution in [0.2, 0.25) is 0 Å². The summed E-state index contributed by atoms with van der Waals surface area (Å²) in [6.07, 6.45) is 1.19. The lowest BCUT2D eigenvalue weighted by Gasteiger charge is -2.11. The number of nitrogens with zero attached hydrogens (tertiary/aromatic N) is 3. The highest BCUT2D eigenvalue weighted by atomic mass is 16.6. The van der Waals surface area contributed by atoms with Crippen LogP contribution in [0.5, 0.6) is 0 Å². The van der Waals surface area contributed by atoms with Gasteiger partial charge in [-0.1, -0.05) is 6.92 Å². The standard InChI is InChI=1S/C9H15N5O3/c1-6(4-17-2)3-11-9-7(14(15)16)8(10)12-5-13-9/h5-6H,3-4H2,1-2H3,(H3,10,11,12,13). The lowest BCUT2D eigenvalue weighted by molar-refractivity contribution is -0.383. The smallest absolute Gasteiger partial charge is 0.352 e. The predicted molar refractivity (Wildman–Crippen MR) is 62.6 cm³/mol. The molecule has 1 unspecified atom stereocenters. The highest BCUT2D eigenvalue weighted by Crippen LogP contribution is 2.26. The van der Waals surface area contributed by atoms with Gasteiger partial charge in [-0.15, -0.1) is 0 Å². The third kappa shape index (κ3) is 3.52. The molecule has 0 spiro atoms. The number of rotatable bonds is 6. The first-order valence-electron chi connectivity index (χ1n) is 5.04. The molecule has 0 aromatic carbocycles. The topological polar surface area (TPSA) is 116 Å². The van der Waals surface area contributed by atoms with E-state index in [9.17, 15) is 10.1 Å². The molecule has 3 N–H and O–H groups in total. The second kappa shape index (κ2) is 5.94. The van der Waals surface area contributed by atoms with Gasteiger partial charge in [0.1, 0.15) is 6.33 Å². The van der Waals surface area contributed by atoms with E-state index in [1.54, 1.807) is 7.11 Å². The van der Waals surface area contributed by atoms with Crippen LogP contribution in [0.15, 0.2) is 6.33 Å². The molecule has 1 aromatic heterocycles. The lowest BCUT2D eigenvalue weighted by Crippen LogP contribution is -2.17. The van der Waals surface area contributed by atoms with Gasteiger partial charge in [-0.25, -0.2) is 9.97 Å². The Balaban J connectivity index is 2.77. The van der Waals surface area contributed by atoms with Crippen molar-refractivity contribution in [2.45, 2.75) is 6.92 Å². The average molecular weight is 241 g/mol. The van der Waals surface area contributed by atoms with Gasteiger partial charge in [0.2, 0.25) is 11.6 Å². The maximum atomic E-state index is 10.8. The summed E-state index contributed by atoms with van der Waals surface area (Å²) in [5, 5.41) is 13.7. The quantitative estimate of drug-likeness (QED) is 0.555. The van der Waals surface area contributed by atoms with E-state index >= 15 is 0 Å². The monoisotopic (exact) mass is 241 g/mol. The van der Waals surface area contributed by atoms with Gasteiger partial charge in [-0.2, -0.15) is 0 Å². The second-order valence-electron chi connectivity index (χ2n) is 3.65. The van der Waals surface area contributed by atoms with Crippen LogP contribution in [0.4, 0.5) is 17.3 Å². The van der Waals surface area contributed by atoms with Crippen LogP contribution in [0.3, 0.4) is 0 Å². The first kappa shape index (κ1) is 13.1. The minimum atomic E-state index is -0.599. The highest BCUT2D eigenvalue weighted by molar-refractivity contribution is 5.67. The van der Waals surface area contributed by atoms with Crippen LogP contribution in [-0.2, 0) is 4.74 Å². The molecule has 1 rings (SSSR count). The summed E-state index contributed by atoms with van der Waals surface area (Å²) in [6.45, 7) is 3.01. The van der Waals surface area contributed by atoms with E-state index in [2.05, 4.69) is 15.3 Å². The van der Waals surface area contributed by atoms with Crippen LogP contribution in [0.1, 0.15) is 6.92 Å². The first-order valence-corrected chi connectivity index (χ1v) is 5.04.